The van der Waals surface area contributed by atoms with Gasteiger partial charge in [0.05, 0.1) is 6.54 Å². The highest BCUT2D eigenvalue weighted by Gasteiger charge is 2.10. The van der Waals surface area contributed by atoms with E-state index in [0.717, 1.165) is 4.47 Å². The van der Waals surface area contributed by atoms with E-state index in [4.69, 9.17) is 4.74 Å². The predicted octanol–water partition coefficient (Wildman–Crippen LogP) is 3.55. The molecular formula is C14H14BrNO2S. The molecule has 1 aromatic heterocycles. The van der Waals surface area contributed by atoms with Gasteiger partial charge in [-0.1, -0.05) is 22.0 Å². The van der Waals surface area contributed by atoms with Crippen molar-refractivity contribution in [3.05, 3.63) is 51.1 Å². The van der Waals surface area contributed by atoms with Crippen molar-refractivity contribution in [2.45, 2.75) is 6.54 Å². The highest BCUT2D eigenvalue weighted by Crippen LogP contribution is 2.16. The van der Waals surface area contributed by atoms with E-state index in [-0.39, 0.29) is 12.5 Å². The highest BCUT2D eigenvalue weighted by molar-refractivity contribution is 9.10. The van der Waals surface area contributed by atoms with Gasteiger partial charge in [0.1, 0.15) is 5.75 Å². The molecule has 19 heavy (non-hydrogen) atoms. The van der Waals surface area contributed by atoms with Crippen molar-refractivity contribution in [2.75, 3.05) is 13.7 Å². The summed E-state index contributed by atoms with van der Waals surface area (Å²) < 4.78 is 6.44. The average Bonchev–Trinajstić information content (AvgIpc) is 2.90. The summed E-state index contributed by atoms with van der Waals surface area (Å²) in [5, 5.41) is 2.01. The van der Waals surface area contributed by atoms with Crippen LogP contribution in [0.4, 0.5) is 0 Å². The predicted molar refractivity (Wildman–Crippen MR) is 80.4 cm³/mol. The molecule has 0 saturated carbocycles. The SMILES string of the molecule is CN(Cc1cccs1)C(=O)COc1ccc(Br)cc1. The molecule has 0 aliphatic heterocycles. The summed E-state index contributed by atoms with van der Waals surface area (Å²) in [6.07, 6.45) is 0. The molecule has 0 aliphatic carbocycles. The third-order valence-electron chi connectivity index (χ3n) is 2.57. The summed E-state index contributed by atoms with van der Waals surface area (Å²) in [5.74, 6) is 0.664. The molecule has 2 aromatic rings. The first kappa shape index (κ1) is 14.1. The fraction of sp³-hybridized carbons (Fsp3) is 0.214. The monoisotopic (exact) mass is 339 g/mol. The lowest BCUT2D eigenvalue weighted by atomic mass is 10.3. The molecule has 100 valence electrons. The number of amides is 1. The summed E-state index contributed by atoms with van der Waals surface area (Å²) in [4.78, 5) is 14.7. The summed E-state index contributed by atoms with van der Waals surface area (Å²) in [5.41, 5.74) is 0. The lowest BCUT2D eigenvalue weighted by molar-refractivity contribution is -0.132. The molecule has 0 spiro atoms. The standard InChI is InChI=1S/C14H14BrNO2S/c1-16(9-13-3-2-8-19-13)14(17)10-18-12-6-4-11(15)5-7-12/h2-8H,9-10H2,1H3. The van der Waals surface area contributed by atoms with E-state index in [2.05, 4.69) is 15.9 Å². The molecule has 0 unspecified atom stereocenters. The minimum absolute atomic E-state index is 0.0312. The minimum atomic E-state index is -0.0312. The van der Waals surface area contributed by atoms with Crippen LogP contribution in [0.2, 0.25) is 0 Å². The van der Waals surface area contributed by atoms with Crippen LogP contribution in [-0.2, 0) is 11.3 Å². The molecule has 0 N–H and O–H groups in total. The third-order valence-corrected chi connectivity index (χ3v) is 3.96. The minimum Gasteiger partial charge on any atom is -0.484 e. The average molecular weight is 340 g/mol. The summed E-state index contributed by atoms with van der Waals surface area (Å²) >= 11 is 5.00. The maximum Gasteiger partial charge on any atom is 0.260 e. The second-order valence-electron chi connectivity index (χ2n) is 4.07. The molecule has 5 heteroatoms. The van der Waals surface area contributed by atoms with Crippen LogP contribution in [-0.4, -0.2) is 24.5 Å². The fourth-order valence-corrected chi connectivity index (χ4v) is 2.53. The Kier molecular flexibility index (Phi) is 4.99. The Balaban J connectivity index is 1.82. The zero-order valence-corrected chi connectivity index (χ0v) is 12.9. The maximum atomic E-state index is 11.9. The normalized spacial score (nSPS) is 10.2. The molecule has 0 radical (unpaired) electrons. The van der Waals surface area contributed by atoms with Crippen molar-refractivity contribution in [3.8, 4) is 5.75 Å². The number of rotatable bonds is 5. The number of likely N-dealkylation sites (N-methyl/N-ethyl adjacent to an activating group) is 1. The Morgan fingerprint density at radius 3 is 2.68 bits per heavy atom. The molecular weight excluding hydrogens is 326 g/mol. The van der Waals surface area contributed by atoms with Crippen molar-refractivity contribution in [1.82, 2.24) is 4.90 Å². The quantitative estimate of drug-likeness (QED) is 0.833. The Morgan fingerprint density at radius 1 is 1.32 bits per heavy atom. The number of carbonyl (C=O) groups is 1. The Morgan fingerprint density at radius 2 is 2.05 bits per heavy atom. The van der Waals surface area contributed by atoms with Gasteiger partial charge in [-0.2, -0.15) is 0 Å². The van der Waals surface area contributed by atoms with Crippen LogP contribution in [0.3, 0.4) is 0 Å². The van der Waals surface area contributed by atoms with Gasteiger partial charge in [-0.25, -0.2) is 0 Å². The van der Waals surface area contributed by atoms with Gasteiger partial charge in [-0.15, -0.1) is 11.3 Å². The first-order valence-corrected chi connectivity index (χ1v) is 7.47. The van der Waals surface area contributed by atoms with Gasteiger partial charge in [-0.05, 0) is 35.7 Å². The smallest absolute Gasteiger partial charge is 0.260 e. The number of carbonyl (C=O) groups excluding carboxylic acids is 1. The van der Waals surface area contributed by atoms with Crippen molar-refractivity contribution < 1.29 is 9.53 Å². The van der Waals surface area contributed by atoms with Crippen LogP contribution in [0.5, 0.6) is 5.75 Å². The molecule has 1 amide bonds. The molecule has 0 saturated heterocycles. The van der Waals surface area contributed by atoms with E-state index < -0.39 is 0 Å². The van der Waals surface area contributed by atoms with Crippen molar-refractivity contribution in [3.63, 3.8) is 0 Å². The number of hydrogen-bond donors (Lipinski definition) is 0. The van der Waals surface area contributed by atoms with Crippen LogP contribution in [0.15, 0.2) is 46.3 Å². The van der Waals surface area contributed by atoms with E-state index in [9.17, 15) is 4.79 Å². The van der Waals surface area contributed by atoms with E-state index in [1.807, 2.05) is 41.8 Å². The third kappa shape index (κ3) is 4.36. The van der Waals surface area contributed by atoms with Gasteiger partial charge in [0.25, 0.3) is 5.91 Å². The summed E-state index contributed by atoms with van der Waals surface area (Å²) in [6, 6.07) is 11.4. The van der Waals surface area contributed by atoms with Crippen molar-refractivity contribution in [1.29, 1.82) is 0 Å². The Labute approximate surface area is 124 Å². The lowest BCUT2D eigenvalue weighted by Gasteiger charge is -2.16. The lowest BCUT2D eigenvalue weighted by Crippen LogP contribution is -2.30. The van der Waals surface area contributed by atoms with Gasteiger partial charge >= 0.3 is 0 Å². The molecule has 0 fully saturated rings. The second-order valence-corrected chi connectivity index (χ2v) is 6.02. The first-order chi connectivity index (χ1) is 9.15. The number of hydrogen-bond acceptors (Lipinski definition) is 3. The Hall–Kier alpha value is -1.33. The van der Waals surface area contributed by atoms with E-state index in [1.165, 1.54) is 4.88 Å². The molecule has 0 bridgehead atoms. The van der Waals surface area contributed by atoms with Crippen LogP contribution >= 0.6 is 27.3 Å². The summed E-state index contributed by atoms with van der Waals surface area (Å²) in [6.45, 7) is 0.684. The number of benzene rings is 1. The van der Waals surface area contributed by atoms with Crippen molar-refractivity contribution >= 4 is 33.2 Å². The second kappa shape index (κ2) is 6.73. The maximum absolute atomic E-state index is 11.9. The highest BCUT2D eigenvalue weighted by atomic mass is 79.9. The number of halogens is 1. The molecule has 2 rings (SSSR count). The molecule has 1 heterocycles. The molecule has 0 atom stereocenters. The van der Waals surface area contributed by atoms with Gasteiger partial charge in [0.2, 0.25) is 0 Å². The zero-order valence-electron chi connectivity index (χ0n) is 10.5. The summed E-state index contributed by atoms with van der Waals surface area (Å²) in [7, 11) is 1.78. The van der Waals surface area contributed by atoms with Crippen LogP contribution in [0.1, 0.15) is 4.88 Å². The van der Waals surface area contributed by atoms with Gasteiger partial charge < -0.3 is 9.64 Å². The first-order valence-electron chi connectivity index (χ1n) is 5.80. The van der Waals surface area contributed by atoms with Gasteiger partial charge in [0.15, 0.2) is 6.61 Å². The van der Waals surface area contributed by atoms with Gasteiger partial charge in [0, 0.05) is 16.4 Å². The molecule has 0 aliphatic rings. The van der Waals surface area contributed by atoms with Crippen molar-refractivity contribution in [2.24, 2.45) is 0 Å². The van der Waals surface area contributed by atoms with Crippen LogP contribution in [0, 0.1) is 0 Å². The zero-order chi connectivity index (χ0) is 13.7. The topological polar surface area (TPSA) is 29.5 Å². The van der Waals surface area contributed by atoms with E-state index >= 15 is 0 Å². The van der Waals surface area contributed by atoms with Crippen LogP contribution < -0.4 is 4.74 Å². The number of nitrogens with zero attached hydrogens (tertiary/aromatic N) is 1. The molecule has 3 nitrogen and oxygen atoms in total. The number of ether oxygens (including phenoxy) is 1. The Bertz CT molecular complexity index is 525. The largest absolute Gasteiger partial charge is 0.484 e. The fourth-order valence-electron chi connectivity index (χ4n) is 1.51. The molecule has 1 aromatic carbocycles. The number of thiophene rings is 1. The van der Waals surface area contributed by atoms with E-state index in [1.54, 1.807) is 23.3 Å². The van der Waals surface area contributed by atoms with E-state index in [0.29, 0.717) is 12.3 Å². The van der Waals surface area contributed by atoms with Crippen LogP contribution in [0.25, 0.3) is 0 Å². The van der Waals surface area contributed by atoms with Gasteiger partial charge in [-0.3, -0.25) is 4.79 Å².